The number of hydrogen-bond acceptors (Lipinski definition) is 2. The summed E-state index contributed by atoms with van der Waals surface area (Å²) in [7, 11) is 0. The van der Waals surface area contributed by atoms with Crippen molar-refractivity contribution >= 4 is 17.0 Å². The van der Waals surface area contributed by atoms with Crippen LogP contribution in [-0.4, -0.2) is 6.04 Å². The molecule has 0 radical (unpaired) electrons. The maximum Gasteiger partial charge on any atom is 0.0450 e. The van der Waals surface area contributed by atoms with E-state index in [2.05, 4.69) is 29.1 Å². The van der Waals surface area contributed by atoms with Crippen LogP contribution >= 0.6 is 11.3 Å². The van der Waals surface area contributed by atoms with E-state index in [-0.39, 0.29) is 0 Å². The van der Waals surface area contributed by atoms with Crippen LogP contribution in [0.25, 0.3) is 0 Å². The number of hydrogen-bond donors (Lipinski definition) is 1. The molecule has 1 fully saturated rings. The van der Waals surface area contributed by atoms with Gasteiger partial charge in [-0.1, -0.05) is 0 Å². The molecule has 11 heavy (non-hydrogen) atoms. The van der Waals surface area contributed by atoms with Gasteiger partial charge in [-0.15, -0.1) is 0 Å². The molecule has 0 saturated heterocycles. The van der Waals surface area contributed by atoms with Crippen LogP contribution in [0, 0.1) is 5.92 Å². The highest BCUT2D eigenvalue weighted by atomic mass is 32.1. The molecular weight excluding hydrogens is 154 g/mol. The average molecular weight is 167 g/mol. The summed E-state index contributed by atoms with van der Waals surface area (Å²) in [5.41, 5.74) is 1.29. The standard InChI is InChI=1S/C9H13NS/c1-7(8-2-3-8)10-9-4-5-11-6-9/h4-8,10H,2-3H2,1H3. The maximum absolute atomic E-state index is 3.49. The minimum absolute atomic E-state index is 0.671. The lowest BCUT2D eigenvalue weighted by molar-refractivity contribution is 0.694. The monoisotopic (exact) mass is 167 g/mol. The summed E-state index contributed by atoms with van der Waals surface area (Å²) in [5.74, 6) is 0.940. The van der Waals surface area contributed by atoms with E-state index in [9.17, 15) is 0 Å². The summed E-state index contributed by atoms with van der Waals surface area (Å²) in [6.45, 7) is 2.27. The third-order valence-electron chi connectivity index (χ3n) is 2.24. The molecule has 1 saturated carbocycles. The van der Waals surface area contributed by atoms with Gasteiger partial charge in [0.25, 0.3) is 0 Å². The van der Waals surface area contributed by atoms with Gasteiger partial charge in [-0.25, -0.2) is 0 Å². The van der Waals surface area contributed by atoms with Crippen molar-refractivity contribution in [2.24, 2.45) is 5.92 Å². The fourth-order valence-electron chi connectivity index (χ4n) is 1.32. The molecule has 1 aromatic rings. The highest BCUT2D eigenvalue weighted by molar-refractivity contribution is 7.08. The van der Waals surface area contributed by atoms with Crippen LogP contribution in [0.1, 0.15) is 19.8 Å². The molecule has 1 aliphatic rings. The number of rotatable bonds is 3. The van der Waals surface area contributed by atoms with Crippen LogP contribution in [0.3, 0.4) is 0 Å². The van der Waals surface area contributed by atoms with Crippen molar-refractivity contribution in [1.29, 1.82) is 0 Å². The normalized spacial score (nSPS) is 19.7. The minimum atomic E-state index is 0.671. The molecule has 1 atom stereocenters. The Morgan fingerprint density at radius 2 is 2.45 bits per heavy atom. The molecule has 0 aromatic carbocycles. The Labute approximate surface area is 71.4 Å². The highest BCUT2D eigenvalue weighted by Crippen LogP contribution is 2.34. The molecule has 1 aromatic heterocycles. The summed E-state index contributed by atoms with van der Waals surface area (Å²) in [6, 6.07) is 2.81. The van der Waals surface area contributed by atoms with Crippen molar-refractivity contribution < 1.29 is 0 Å². The largest absolute Gasteiger partial charge is 0.382 e. The van der Waals surface area contributed by atoms with Gasteiger partial charge in [-0.2, -0.15) is 11.3 Å². The van der Waals surface area contributed by atoms with Gasteiger partial charge < -0.3 is 5.32 Å². The quantitative estimate of drug-likeness (QED) is 0.729. The summed E-state index contributed by atoms with van der Waals surface area (Å²) < 4.78 is 0. The second-order valence-corrected chi connectivity index (χ2v) is 4.06. The van der Waals surface area contributed by atoms with Gasteiger partial charge >= 0.3 is 0 Å². The van der Waals surface area contributed by atoms with Crippen LogP contribution in [0.2, 0.25) is 0 Å². The van der Waals surface area contributed by atoms with Crippen LogP contribution in [-0.2, 0) is 0 Å². The maximum atomic E-state index is 3.49. The van der Waals surface area contributed by atoms with Gasteiger partial charge in [0.1, 0.15) is 0 Å². The zero-order valence-corrected chi connectivity index (χ0v) is 7.53. The van der Waals surface area contributed by atoms with Gasteiger partial charge in [0.05, 0.1) is 0 Å². The lowest BCUT2D eigenvalue weighted by Gasteiger charge is -2.11. The van der Waals surface area contributed by atoms with Gasteiger partial charge in [-0.05, 0) is 37.1 Å². The molecule has 2 heteroatoms. The summed E-state index contributed by atoms with van der Waals surface area (Å²) in [6.07, 6.45) is 2.83. The van der Waals surface area contributed by atoms with Crippen LogP contribution in [0.4, 0.5) is 5.69 Å². The third kappa shape index (κ3) is 1.74. The van der Waals surface area contributed by atoms with E-state index in [0.29, 0.717) is 6.04 Å². The molecule has 0 amide bonds. The van der Waals surface area contributed by atoms with Crippen LogP contribution in [0.15, 0.2) is 16.8 Å². The first-order valence-corrected chi connectivity index (χ1v) is 5.09. The summed E-state index contributed by atoms with van der Waals surface area (Å²) >= 11 is 1.75. The molecular formula is C9H13NS. The Balaban J connectivity index is 1.89. The topological polar surface area (TPSA) is 12.0 Å². The number of anilines is 1. The first-order valence-electron chi connectivity index (χ1n) is 4.15. The molecule has 1 N–H and O–H groups in total. The predicted octanol–water partition coefficient (Wildman–Crippen LogP) is 2.96. The molecule has 60 valence electrons. The lowest BCUT2D eigenvalue weighted by Crippen LogP contribution is -2.16. The van der Waals surface area contributed by atoms with Crippen molar-refractivity contribution in [2.45, 2.75) is 25.8 Å². The first kappa shape index (κ1) is 7.17. The molecule has 0 bridgehead atoms. The van der Waals surface area contributed by atoms with E-state index in [4.69, 9.17) is 0 Å². The fraction of sp³-hybridized carbons (Fsp3) is 0.556. The molecule has 0 aliphatic heterocycles. The van der Waals surface area contributed by atoms with Crippen molar-refractivity contribution in [3.63, 3.8) is 0 Å². The van der Waals surface area contributed by atoms with Gasteiger partial charge in [-0.3, -0.25) is 0 Å². The SMILES string of the molecule is CC(Nc1ccsc1)C1CC1. The highest BCUT2D eigenvalue weighted by Gasteiger charge is 2.27. The van der Waals surface area contributed by atoms with Crippen LogP contribution < -0.4 is 5.32 Å². The van der Waals surface area contributed by atoms with E-state index >= 15 is 0 Å². The number of thiophene rings is 1. The van der Waals surface area contributed by atoms with E-state index in [1.807, 2.05) is 0 Å². The van der Waals surface area contributed by atoms with Crippen molar-refractivity contribution in [1.82, 2.24) is 0 Å². The second-order valence-electron chi connectivity index (χ2n) is 3.28. The fourth-order valence-corrected chi connectivity index (χ4v) is 1.92. The van der Waals surface area contributed by atoms with E-state index < -0.39 is 0 Å². The summed E-state index contributed by atoms with van der Waals surface area (Å²) in [4.78, 5) is 0. The first-order chi connectivity index (χ1) is 5.36. The van der Waals surface area contributed by atoms with Crippen molar-refractivity contribution in [2.75, 3.05) is 5.32 Å². The molecule has 0 spiro atoms. The predicted molar refractivity (Wildman–Crippen MR) is 50.1 cm³/mol. The Kier molecular flexibility index (Phi) is 1.86. The zero-order valence-electron chi connectivity index (χ0n) is 6.71. The van der Waals surface area contributed by atoms with Crippen molar-refractivity contribution in [3.05, 3.63) is 16.8 Å². The molecule has 1 nitrogen and oxygen atoms in total. The molecule has 1 heterocycles. The van der Waals surface area contributed by atoms with E-state index in [1.165, 1.54) is 18.5 Å². The molecule has 1 unspecified atom stereocenters. The average Bonchev–Trinajstić information content (AvgIpc) is 2.73. The Bertz CT molecular complexity index is 213. The van der Waals surface area contributed by atoms with Gasteiger partial charge in [0.2, 0.25) is 0 Å². The Hall–Kier alpha value is -0.500. The van der Waals surface area contributed by atoms with Crippen LogP contribution in [0.5, 0.6) is 0 Å². The second kappa shape index (κ2) is 2.86. The van der Waals surface area contributed by atoms with E-state index in [0.717, 1.165) is 5.92 Å². The Morgan fingerprint density at radius 3 is 3.00 bits per heavy atom. The lowest BCUT2D eigenvalue weighted by atomic mass is 10.2. The van der Waals surface area contributed by atoms with E-state index in [1.54, 1.807) is 11.3 Å². The number of nitrogens with one attached hydrogen (secondary N) is 1. The van der Waals surface area contributed by atoms with Crippen molar-refractivity contribution in [3.8, 4) is 0 Å². The third-order valence-corrected chi connectivity index (χ3v) is 2.93. The smallest absolute Gasteiger partial charge is 0.0450 e. The zero-order chi connectivity index (χ0) is 7.68. The van der Waals surface area contributed by atoms with Gasteiger partial charge in [0.15, 0.2) is 0 Å². The van der Waals surface area contributed by atoms with Gasteiger partial charge in [0, 0.05) is 17.1 Å². The summed E-state index contributed by atoms with van der Waals surface area (Å²) in [5, 5.41) is 7.77. The minimum Gasteiger partial charge on any atom is -0.382 e. The Morgan fingerprint density at radius 1 is 1.64 bits per heavy atom. The molecule has 2 rings (SSSR count). The molecule has 1 aliphatic carbocycles.